The molecular weight excluding hydrogens is 677 g/mol. The van der Waals surface area contributed by atoms with E-state index >= 15 is 0 Å². The molecule has 0 unspecified atom stereocenters. The van der Waals surface area contributed by atoms with Gasteiger partial charge in [-0.15, -0.1) is 0 Å². The molecule has 10 aromatic carbocycles. The molecule has 1 aliphatic rings. The lowest BCUT2D eigenvalue weighted by atomic mass is 9.81. The lowest BCUT2D eigenvalue weighted by Gasteiger charge is -2.22. The summed E-state index contributed by atoms with van der Waals surface area (Å²) in [5.74, 6) is 0. The van der Waals surface area contributed by atoms with Gasteiger partial charge in [0.1, 0.15) is 11.2 Å². The second-order valence-corrected chi connectivity index (χ2v) is 16.0. The molecule has 0 spiro atoms. The molecule has 0 amide bonds. The van der Waals surface area contributed by atoms with Gasteiger partial charge in [0.25, 0.3) is 0 Å². The van der Waals surface area contributed by atoms with Gasteiger partial charge in [-0.1, -0.05) is 166 Å². The Labute approximate surface area is 325 Å². The summed E-state index contributed by atoms with van der Waals surface area (Å²) in [6.45, 7) is 4.71. The number of rotatable bonds is 3. The number of benzene rings is 10. The van der Waals surface area contributed by atoms with Crippen LogP contribution < -0.4 is 0 Å². The minimum absolute atomic E-state index is 0.224. The van der Waals surface area contributed by atoms with Crippen molar-refractivity contribution < 1.29 is 4.42 Å². The summed E-state index contributed by atoms with van der Waals surface area (Å²) in [5, 5.41) is 12.3. The van der Waals surface area contributed by atoms with Crippen molar-refractivity contribution in [2.24, 2.45) is 0 Å². The summed E-state index contributed by atoms with van der Waals surface area (Å²) < 4.78 is 6.91. The minimum atomic E-state index is -0.224. The van der Waals surface area contributed by atoms with Crippen molar-refractivity contribution in [1.82, 2.24) is 0 Å². The van der Waals surface area contributed by atoms with Gasteiger partial charge in [-0.05, 0) is 118 Å². The largest absolute Gasteiger partial charge is 0.455 e. The fourth-order valence-electron chi connectivity index (χ4n) is 9.98. The maximum atomic E-state index is 6.91. The van der Waals surface area contributed by atoms with Crippen LogP contribution in [0.15, 0.2) is 186 Å². The molecule has 1 aromatic heterocycles. The number of furan rings is 1. The second kappa shape index (κ2) is 11.5. The zero-order chi connectivity index (χ0) is 37.1. The highest BCUT2D eigenvalue weighted by Crippen LogP contribution is 2.54. The Morgan fingerprint density at radius 1 is 0.339 bits per heavy atom. The van der Waals surface area contributed by atoms with Gasteiger partial charge in [-0.3, -0.25) is 0 Å². The Morgan fingerprint density at radius 3 is 1.55 bits per heavy atom. The third-order valence-corrected chi connectivity index (χ3v) is 12.6. The number of hydrogen-bond donors (Lipinski definition) is 0. The molecule has 1 nitrogen and oxygen atoms in total. The summed E-state index contributed by atoms with van der Waals surface area (Å²) in [4.78, 5) is 0. The van der Waals surface area contributed by atoms with Gasteiger partial charge in [0.2, 0.25) is 0 Å². The topological polar surface area (TPSA) is 13.1 Å². The Morgan fingerprint density at radius 2 is 0.857 bits per heavy atom. The predicted molar refractivity (Wildman–Crippen MR) is 238 cm³/mol. The smallest absolute Gasteiger partial charge is 0.143 e. The summed E-state index contributed by atoms with van der Waals surface area (Å²) in [7, 11) is 0. The maximum Gasteiger partial charge on any atom is 0.143 e. The van der Waals surface area contributed by atoms with Crippen LogP contribution in [0.1, 0.15) is 25.0 Å². The van der Waals surface area contributed by atoms with Gasteiger partial charge in [-0.25, -0.2) is 0 Å². The maximum absolute atomic E-state index is 6.91. The van der Waals surface area contributed by atoms with E-state index in [0.29, 0.717) is 0 Å². The van der Waals surface area contributed by atoms with Gasteiger partial charge in [0.15, 0.2) is 0 Å². The Hall–Kier alpha value is -6.96. The molecule has 0 fully saturated rings. The quantitative estimate of drug-likeness (QED) is 0.166. The van der Waals surface area contributed by atoms with Crippen LogP contribution in [0.5, 0.6) is 0 Å². The average molecular weight is 713 g/mol. The average Bonchev–Trinajstić information content (AvgIpc) is 3.74. The summed E-state index contributed by atoms with van der Waals surface area (Å²) >= 11 is 0. The van der Waals surface area contributed by atoms with E-state index in [1.54, 1.807) is 0 Å². The number of hydrogen-bond acceptors (Lipinski definition) is 1. The molecule has 262 valence electrons. The van der Waals surface area contributed by atoms with Crippen LogP contribution in [0, 0.1) is 0 Å². The van der Waals surface area contributed by atoms with Crippen molar-refractivity contribution in [2.75, 3.05) is 0 Å². The minimum Gasteiger partial charge on any atom is -0.455 e. The molecule has 0 aliphatic heterocycles. The molecule has 0 saturated heterocycles. The van der Waals surface area contributed by atoms with E-state index in [4.69, 9.17) is 4.42 Å². The van der Waals surface area contributed by atoms with E-state index in [2.05, 4.69) is 196 Å². The summed E-state index contributed by atoms with van der Waals surface area (Å²) in [6, 6.07) is 67.1. The van der Waals surface area contributed by atoms with Gasteiger partial charge in [-0.2, -0.15) is 0 Å². The van der Waals surface area contributed by atoms with E-state index in [-0.39, 0.29) is 5.41 Å². The van der Waals surface area contributed by atoms with E-state index in [0.717, 1.165) is 16.6 Å². The molecule has 1 heteroatoms. The standard InChI is InChI=1S/C55H36O/c1-55(2)49-29-25-39(32-48(49)45-27-28-47-46-26-24-34-14-6-7-15-40(34)53(46)56-54(47)52(45)55)51-43-18-10-8-16-41(43)50(42-17-9-11-19-44(42)51)38-23-22-36-30-35(20-21-37(36)31-38)33-12-4-3-5-13-33/h3-32H,1-2H3. The van der Waals surface area contributed by atoms with Crippen LogP contribution in [0.3, 0.4) is 0 Å². The third kappa shape index (κ3) is 4.37. The number of fused-ring (bicyclic) bond motifs is 12. The lowest BCUT2D eigenvalue weighted by molar-refractivity contribution is 0.621. The normalized spacial score (nSPS) is 13.3. The van der Waals surface area contributed by atoms with Crippen LogP contribution >= 0.6 is 0 Å². The van der Waals surface area contributed by atoms with Crippen molar-refractivity contribution in [1.29, 1.82) is 0 Å². The molecule has 0 bridgehead atoms. The SMILES string of the molecule is CC1(C)c2ccc(-c3c4ccccc4c(-c4ccc5cc(-c6ccccc6)ccc5c4)c4ccccc34)cc2-c2ccc3c(oc4c5ccccc5ccc34)c21. The van der Waals surface area contributed by atoms with Crippen molar-refractivity contribution in [3.05, 3.63) is 193 Å². The highest BCUT2D eigenvalue weighted by molar-refractivity contribution is 6.22. The predicted octanol–water partition coefficient (Wildman–Crippen LogP) is 15.5. The fourth-order valence-corrected chi connectivity index (χ4v) is 9.98. The monoisotopic (exact) mass is 712 g/mol. The Balaban J connectivity index is 1.05. The van der Waals surface area contributed by atoms with E-state index in [1.807, 2.05) is 0 Å². The molecule has 56 heavy (non-hydrogen) atoms. The third-order valence-electron chi connectivity index (χ3n) is 12.6. The first-order valence-electron chi connectivity index (χ1n) is 19.6. The molecule has 1 heterocycles. The van der Waals surface area contributed by atoms with Crippen LogP contribution in [0.25, 0.3) is 110 Å². The van der Waals surface area contributed by atoms with E-state index in [1.165, 1.54) is 104 Å². The van der Waals surface area contributed by atoms with Crippen molar-refractivity contribution >= 4 is 65.0 Å². The van der Waals surface area contributed by atoms with E-state index < -0.39 is 0 Å². The van der Waals surface area contributed by atoms with Crippen LogP contribution in [-0.4, -0.2) is 0 Å². The van der Waals surface area contributed by atoms with Crippen LogP contribution in [0.4, 0.5) is 0 Å². The van der Waals surface area contributed by atoms with Crippen LogP contribution in [-0.2, 0) is 5.41 Å². The molecule has 11 aromatic rings. The van der Waals surface area contributed by atoms with Crippen LogP contribution in [0.2, 0.25) is 0 Å². The summed E-state index contributed by atoms with van der Waals surface area (Å²) in [6.07, 6.45) is 0. The zero-order valence-electron chi connectivity index (χ0n) is 31.2. The summed E-state index contributed by atoms with van der Waals surface area (Å²) in [5.41, 5.74) is 14.4. The van der Waals surface area contributed by atoms with Crippen molar-refractivity contribution in [3.63, 3.8) is 0 Å². The Kier molecular flexibility index (Phi) is 6.46. The first-order valence-corrected chi connectivity index (χ1v) is 19.6. The first-order chi connectivity index (χ1) is 27.5. The molecule has 12 rings (SSSR count). The molecule has 1 aliphatic carbocycles. The molecule has 0 saturated carbocycles. The van der Waals surface area contributed by atoms with Gasteiger partial charge in [0.05, 0.1) is 0 Å². The van der Waals surface area contributed by atoms with E-state index in [9.17, 15) is 0 Å². The van der Waals surface area contributed by atoms with Gasteiger partial charge < -0.3 is 4.42 Å². The lowest BCUT2D eigenvalue weighted by Crippen LogP contribution is -2.15. The fraction of sp³-hybridized carbons (Fsp3) is 0.0545. The highest BCUT2D eigenvalue weighted by Gasteiger charge is 2.39. The molecule has 0 radical (unpaired) electrons. The second-order valence-electron chi connectivity index (χ2n) is 16.0. The Bertz CT molecular complexity index is 3380. The van der Waals surface area contributed by atoms with Crippen molar-refractivity contribution in [3.8, 4) is 44.5 Å². The molecular formula is C55H36O. The first kappa shape index (κ1) is 31.4. The molecule has 0 N–H and O–H groups in total. The zero-order valence-corrected chi connectivity index (χ0v) is 31.2. The molecule has 0 atom stereocenters. The van der Waals surface area contributed by atoms with Gasteiger partial charge in [0, 0.05) is 27.1 Å². The van der Waals surface area contributed by atoms with Crippen molar-refractivity contribution in [2.45, 2.75) is 19.3 Å². The van der Waals surface area contributed by atoms with Gasteiger partial charge >= 0.3 is 0 Å². The highest BCUT2D eigenvalue weighted by atomic mass is 16.3.